The SMILES string of the molecule is CO[C@@H]1CCn2ncc(C)c2OC1. The van der Waals surface area contributed by atoms with Crippen molar-refractivity contribution in [2.75, 3.05) is 13.7 Å². The summed E-state index contributed by atoms with van der Waals surface area (Å²) in [7, 11) is 1.72. The molecule has 0 fully saturated rings. The highest BCUT2D eigenvalue weighted by Gasteiger charge is 2.18. The predicted molar refractivity (Wildman–Crippen MR) is 47.9 cm³/mol. The summed E-state index contributed by atoms with van der Waals surface area (Å²) in [6, 6.07) is 0. The second kappa shape index (κ2) is 3.38. The van der Waals surface area contributed by atoms with Gasteiger partial charge in [-0.1, -0.05) is 0 Å². The lowest BCUT2D eigenvalue weighted by Crippen LogP contribution is -2.18. The summed E-state index contributed by atoms with van der Waals surface area (Å²) >= 11 is 0. The van der Waals surface area contributed by atoms with Crippen molar-refractivity contribution in [1.29, 1.82) is 0 Å². The van der Waals surface area contributed by atoms with Crippen molar-refractivity contribution in [1.82, 2.24) is 9.78 Å². The van der Waals surface area contributed by atoms with Crippen LogP contribution in [-0.4, -0.2) is 29.6 Å². The van der Waals surface area contributed by atoms with Crippen molar-refractivity contribution in [2.45, 2.75) is 26.0 Å². The number of aromatic nitrogens is 2. The van der Waals surface area contributed by atoms with Gasteiger partial charge in [-0.2, -0.15) is 5.10 Å². The Morgan fingerprint density at radius 3 is 3.31 bits per heavy atom. The standard InChI is InChI=1S/C9H14N2O2/c1-7-5-10-11-4-3-8(12-2)6-13-9(7)11/h5,8H,3-4,6H2,1-2H3/t8-/m1/s1. The van der Waals surface area contributed by atoms with Gasteiger partial charge in [-0.15, -0.1) is 0 Å². The molecule has 1 atom stereocenters. The van der Waals surface area contributed by atoms with Crippen molar-refractivity contribution in [3.05, 3.63) is 11.8 Å². The average Bonchev–Trinajstić information content (AvgIpc) is 2.38. The highest BCUT2D eigenvalue weighted by atomic mass is 16.5. The van der Waals surface area contributed by atoms with E-state index in [-0.39, 0.29) is 6.10 Å². The largest absolute Gasteiger partial charge is 0.475 e. The van der Waals surface area contributed by atoms with Crippen LogP contribution in [0.15, 0.2) is 6.20 Å². The molecule has 0 unspecified atom stereocenters. The average molecular weight is 182 g/mol. The number of fused-ring (bicyclic) bond motifs is 1. The molecule has 2 heterocycles. The Bertz CT molecular complexity index is 296. The Labute approximate surface area is 77.4 Å². The molecule has 2 rings (SSSR count). The monoisotopic (exact) mass is 182 g/mol. The number of rotatable bonds is 1. The van der Waals surface area contributed by atoms with E-state index in [1.807, 2.05) is 17.8 Å². The van der Waals surface area contributed by atoms with Crippen molar-refractivity contribution in [3.8, 4) is 5.88 Å². The zero-order valence-electron chi connectivity index (χ0n) is 7.99. The lowest BCUT2D eigenvalue weighted by molar-refractivity contribution is 0.0574. The molecule has 0 N–H and O–H groups in total. The fourth-order valence-electron chi connectivity index (χ4n) is 1.52. The van der Waals surface area contributed by atoms with Crippen LogP contribution in [0.1, 0.15) is 12.0 Å². The second-order valence-electron chi connectivity index (χ2n) is 3.31. The summed E-state index contributed by atoms with van der Waals surface area (Å²) in [6.45, 7) is 3.51. The van der Waals surface area contributed by atoms with E-state index >= 15 is 0 Å². The number of methoxy groups -OCH3 is 1. The van der Waals surface area contributed by atoms with E-state index in [9.17, 15) is 0 Å². The summed E-state index contributed by atoms with van der Waals surface area (Å²) in [6.07, 6.45) is 2.99. The van der Waals surface area contributed by atoms with E-state index in [1.54, 1.807) is 7.11 Å². The maximum atomic E-state index is 5.60. The van der Waals surface area contributed by atoms with Gasteiger partial charge in [0.15, 0.2) is 0 Å². The molecule has 1 aromatic heterocycles. The molecule has 0 bridgehead atoms. The van der Waals surface area contributed by atoms with Gasteiger partial charge in [-0.05, 0) is 13.3 Å². The van der Waals surface area contributed by atoms with E-state index in [0.29, 0.717) is 6.61 Å². The predicted octanol–water partition coefficient (Wildman–Crippen LogP) is 0.989. The minimum atomic E-state index is 0.195. The maximum Gasteiger partial charge on any atom is 0.214 e. The summed E-state index contributed by atoms with van der Waals surface area (Å²) in [5, 5.41) is 4.22. The third-order valence-electron chi connectivity index (χ3n) is 2.36. The van der Waals surface area contributed by atoms with Gasteiger partial charge in [-0.25, -0.2) is 4.68 Å². The van der Waals surface area contributed by atoms with E-state index in [1.165, 1.54) is 0 Å². The smallest absolute Gasteiger partial charge is 0.214 e. The molecule has 0 aliphatic carbocycles. The molecule has 1 aliphatic heterocycles. The molecule has 1 aliphatic rings. The van der Waals surface area contributed by atoms with Gasteiger partial charge < -0.3 is 9.47 Å². The Morgan fingerprint density at radius 1 is 1.69 bits per heavy atom. The zero-order valence-corrected chi connectivity index (χ0v) is 7.99. The molecular weight excluding hydrogens is 168 g/mol. The Morgan fingerprint density at radius 2 is 2.54 bits per heavy atom. The van der Waals surface area contributed by atoms with Crippen LogP contribution in [0.4, 0.5) is 0 Å². The number of ether oxygens (including phenoxy) is 2. The Kier molecular flexibility index (Phi) is 2.22. The topological polar surface area (TPSA) is 36.3 Å². The van der Waals surface area contributed by atoms with Crippen molar-refractivity contribution >= 4 is 0 Å². The molecule has 0 radical (unpaired) electrons. The van der Waals surface area contributed by atoms with Crippen molar-refractivity contribution in [3.63, 3.8) is 0 Å². The Balaban J connectivity index is 2.18. The molecule has 0 saturated carbocycles. The van der Waals surface area contributed by atoms with Crippen LogP contribution < -0.4 is 4.74 Å². The third kappa shape index (κ3) is 1.54. The molecule has 72 valence electrons. The van der Waals surface area contributed by atoms with Crippen LogP contribution >= 0.6 is 0 Å². The highest BCUT2D eigenvalue weighted by Crippen LogP contribution is 2.21. The molecule has 4 heteroatoms. The minimum absolute atomic E-state index is 0.195. The van der Waals surface area contributed by atoms with E-state index < -0.39 is 0 Å². The van der Waals surface area contributed by atoms with Crippen LogP contribution in [0.3, 0.4) is 0 Å². The molecular formula is C9H14N2O2. The first kappa shape index (κ1) is 8.56. The lowest BCUT2D eigenvalue weighted by Gasteiger charge is -2.10. The number of aryl methyl sites for hydroxylation is 2. The fraction of sp³-hybridized carbons (Fsp3) is 0.667. The molecule has 0 amide bonds. The van der Waals surface area contributed by atoms with Crippen LogP contribution in [0, 0.1) is 6.92 Å². The minimum Gasteiger partial charge on any atom is -0.475 e. The quantitative estimate of drug-likeness (QED) is 0.649. The van der Waals surface area contributed by atoms with Crippen molar-refractivity contribution in [2.24, 2.45) is 0 Å². The molecule has 0 saturated heterocycles. The van der Waals surface area contributed by atoms with Crippen LogP contribution in [0.2, 0.25) is 0 Å². The molecule has 0 spiro atoms. The van der Waals surface area contributed by atoms with E-state index in [0.717, 1.165) is 24.4 Å². The number of nitrogens with zero attached hydrogens (tertiary/aromatic N) is 2. The van der Waals surface area contributed by atoms with Gasteiger partial charge in [0, 0.05) is 19.2 Å². The first-order valence-corrected chi connectivity index (χ1v) is 4.49. The van der Waals surface area contributed by atoms with Crippen LogP contribution in [0.25, 0.3) is 0 Å². The molecule has 4 nitrogen and oxygen atoms in total. The fourth-order valence-corrected chi connectivity index (χ4v) is 1.52. The van der Waals surface area contributed by atoms with Gasteiger partial charge in [0.1, 0.15) is 6.61 Å². The molecule has 0 aromatic carbocycles. The molecule has 13 heavy (non-hydrogen) atoms. The highest BCUT2D eigenvalue weighted by molar-refractivity contribution is 5.22. The first-order chi connectivity index (χ1) is 6.31. The van der Waals surface area contributed by atoms with E-state index in [2.05, 4.69) is 5.10 Å². The van der Waals surface area contributed by atoms with Gasteiger partial charge in [0.25, 0.3) is 0 Å². The van der Waals surface area contributed by atoms with Gasteiger partial charge in [-0.3, -0.25) is 0 Å². The summed E-state index contributed by atoms with van der Waals surface area (Å²) in [5.41, 5.74) is 1.09. The van der Waals surface area contributed by atoms with E-state index in [4.69, 9.17) is 9.47 Å². The number of hydrogen-bond acceptors (Lipinski definition) is 3. The first-order valence-electron chi connectivity index (χ1n) is 4.49. The second-order valence-corrected chi connectivity index (χ2v) is 3.31. The van der Waals surface area contributed by atoms with Gasteiger partial charge in [0.2, 0.25) is 5.88 Å². The van der Waals surface area contributed by atoms with Crippen molar-refractivity contribution < 1.29 is 9.47 Å². The number of hydrogen-bond donors (Lipinski definition) is 0. The summed E-state index contributed by atoms with van der Waals surface area (Å²) in [4.78, 5) is 0. The van der Waals surface area contributed by atoms with Crippen LogP contribution in [0.5, 0.6) is 5.88 Å². The maximum absolute atomic E-state index is 5.60. The normalized spacial score (nSPS) is 21.8. The van der Waals surface area contributed by atoms with Gasteiger partial charge in [0.05, 0.1) is 12.3 Å². The summed E-state index contributed by atoms with van der Waals surface area (Å²) in [5.74, 6) is 0.888. The summed E-state index contributed by atoms with van der Waals surface area (Å²) < 4.78 is 12.7. The lowest BCUT2D eigenvalue weighted by atomic mass is 10.3. The third-order valence-corrected chi connectivity index (χ3v) is 2.36. The zero-order chi connectivity index (χ0) is 9.26. The Hall–Kier alpha value is -1.03. The van der Waals surface area contributed by atoms with Gasteiger partial charge >= 0.3 is 0 Å². The molecule has 1 aromatic rings. The van der Waals surface area contributed by atoms with Crippen LogP contribution in [-0.2, 0) is 11.3 Å².